The molecule has 1 aromatic heterocycles. The summed E-state index contributed by atoms with van der Waals surface area (Å²) in [5.41, 5.74) is 0.903. The molecule has 2 heterocycles. The van der Waals surface area contributed by atoms with Crippen LogP contribution in [-0.4, -0.2) is 46.6 Å². The van der Waals surface area contributed by atoms with Crippen LogP contribution in [-0.2, 0) is 20.9 Å². The maximum absolute atomic E-state index is 13.2. The molecular formula is C21H33N3O3. The number of carbonyl (C=O) groups is 2. The SMILES string of the molecule is CC(C)OCCCN1C(=O)Cn2cccc2C1C(=O)NC1CCCCC1C. The summed E-state index contributed by atoms with van der Waals surface area (Å²) in [5, 5.41) is 3.25. The molecule has 2 amide bonds. The molecule has 1 aliphatic carbocycles. The highest BCUT2D eigenvalue weighted by molar-refractivity contribution is 5.90. The van der Waals surface area contributed by atoms with Crippen molar-refractivity contribution in [3.8, 4) is 0 Å². The lowest BCUT2D eigenvalue weighted by molar-refractivity contribution is -0.144. The summed E-state index contributed by atoms with van der Waals surface area (Å²) in [6.45, 7) is 7.64. The van der Waals surface area contributed by atoms with Gasteiger partial charge in [-0.2, -0.15) is 0 Å². The topological polar surface area (TPSA) is 63.6 Å². The van der Waals surface area contributed by atoms with Gasteiger partial charge in [-0.05, 0) is 51.2 Å². The summed E-state index contributed by atoms with van der Waals surface area (Å²) in [4.78, 5) is 27.7. The normalized spacial score (nSPS) is 25.6. The van der Waals surface area contributed by atoms with Gasteiger partial charge >= 0.3 is 0 Å². The Kier molecular flexibility index (Phi) is 6.58. The van der Waals surface area contributed by atoms with Gasteiger partial charge in [0.25, 0.3) is 0 Å². The average molecular weight is 376 g/mol. The number of rotatable bonds is 7. The van der Waals surface area contributed by atoms with Crippen LogP contribution in [0.15, 0.2) is 18.3 Å². The second-order valence-electron chi connectivity index (χ2n) is 8.20. The van der Waals surface area contributed by atoms with Gasteiger partial charge in [0.05, 0.1) is 11.8 Å². The molecule has 1 fully saturated rings. The zero-order valence-corrected chi connectivity index (χ0v) is 16.8. The predicted molar refractivity (Wildman–Crippen MR) is 104 cm³/mol. The highest BCUT2D eigenvalue weighted by atomic mass is 16.5. The van der Waals surface area contributed by atoms with E-state index >= 15 is 0 Å². The van der Waals surface area contributed by atoms with Gasteiger partial charge in [0.2, 0.25) is 11.8 Å². The Morgan fingerprint density at radius 3 is 2.85 bits per heavy atom. The molecule has 1 N–H and O–H groups in total. The zero-order chi connectivity index (χ0) is 19.4. The monoisotopic (exact) mass is 375 g/mol. The van der Waals surface area contributed by atoms with E-state index in [1.165, 1.54) is 6.42 Å². The van der Waals surface area contributed by atoms with Gasteiger partial charge in [-0.25, -0.2) is 0 Å². The lowest BCUT2D eigenvalue weighted by Crippen LogP contribution is -2.52. The van der Waals surface area contributed by atoms with E-state index in [1.54, 1.807) is 4.90 Å². The lowest BCUT2D eigenvalue weighted by atomic mass is 9.85. The fourth-order valence-corrected chi connectivity index (χ4v) is 4.24. The van der Waals surface area contributed by atoms with Crippen LogP contribution in [0, 0.1) is 5.92 Å². The smallest absolute Gasteiger partial charge is 0.249 e. The maximum Gasteiger partial charge on any atom is 0.249 e. The fourth-order valence-electron chi connectivity index (χ4n) is 4.24. The summed E-state index contributed by atoms with van der Waals surface area (Å²) >= 11 is 0. The second-order valence-corrected chi connectivity index (χ2v) is 8.20. The van der Waals surface area contributed by atoms with E-state index in [9.17, 15) is 9.59 Å². The molecule has 6 nitrogen and oxygen atoms in total. The molecule has 1 aliphatic heterocycles. The summed E-state index contributed by atoms with van der Waals surface area (Å²) < 4.78 is 7.51. The number of ether oxygens (including phenoxy) is 1. The molecule has 6 heteroatoms. The Morgan fingerprint density at radius 1 is 1.33 bits per heavy atom. The Hall–Kier alpha value is -1.82. The van der Waals surface area contributed by atoms with Crippen molar-refractivity contribution >= 4 is 11.8 Å². The first-order valence-electron chi connectivity index (χ1n) is 10.3. The molecule has 0 bridgehead atoms. The number of hydrogen-bond donors (Lipinski definition) is 1. The van der Waals surface area contributed by atoms with Crippen LogP contribution < -0.4 is 5.32 Å². The van der Waals surface area contributed by atoms with E-state index in [4.69, 9.17) is 4.74 Å². The van der Waals surface area contributed by atoms with Gasteiger partial charge in [-0.3, -0.25) is 9.59 Å². The number of hydrogen-bond acceptors (Lipinski definition) is 3. The van der Waals surface area contributed by atoms with Crippen molar-refractivity contribution in [1.82, 2.24) is 14.8 Å². The third-order valence-corrected chi connectivity index (χ3v) is 5.76. The number of fused-ring (bicyclic) bond motifs is 1. The minimum Gasteiger partial charge on any atom is -0.379 e. The van der Waals surface area contributed by atoms with Crippen LogP contribution in [0.3, 0.4) is 0 Å². The highest BCUT2D eigenvalue weighted by Gasteiger charge is 2.38. The molecule has 3 rings (SSSR count). The first kappa shape index (κ1) is 19.9. The molecule has 150 valence electrons. The quantitative estimate of drug-likeness (QED) is 0.746. The third-order valence-electron chi connectivity index (χ3n) is 5.76. The van der Waals surface area contributed by atoms with Crippen LogP contribution in [0.4, 0.5) is 0 Å². The summed E-state index contributed by atoms with van der Waals surface area (Å²) in [7, 11) is 0. The van der Waals surface area contributed by atoms with Gasteiger partial charge in [0.15, 0.2) is 6.04 Å². The second kappa shape index (κ2) is 8.91. The summed E-state index contributed by atoms with van der Waals surface area (Å²) in [5.74, 6) is 0.438. The number of nitrogens with zero attached hydrogens (tertiary/aromatic N) is 2. The van der Waals surface area contributed by atoms with Crippen molar-refractivity contribution in [2.75, 3.05) is 13.2 Å². The van der Waals surface area contributed by atoms with E-state index in [-0.39, 0.29) is 24.0 Å². The molecule has 27 heavy (non-hydrogen) atoms. The Bertz CT molecular complexity index is 655. The Balaban J connectivity index is 1.72. The summed E-state index contributed by atoms with van der Waals surface area (Å²) in [6, 6.07) is 3.53. The maximum atomic E-state index is 13.2. The lowest BCUT2D eigenvalue weighted by Gasteiger charge is -2.38. The number of aromatic nitrogens is 1. The molecule has 3 unspecified atom stereocenters. The van der Waals surface area contributed by atoms with E-state index in [2.05, 4.69) is 12.2 Å². The molecule has 2 aliphatic rings. The molecule has 0 radical (unpaired) electrons. The van der Waals surface area contributed by atoms with Crippen molar-refractivity contribution in [3.63, 3.8) is 0 Å². The van der Waals surface area contributed by atoms with Gasteiger partial charge in [-0.1, -0.05) is 19.8 Å². The standard InChI is InChI=1S/C21H33N3O3/c1-15(2)27-13-7-12-24-19(25)14-23-11-6-10-18(23)20(24)21(26)22-17-9-5-4-8-16(17)3/h6,10-11,15-17,20H,4-5,7-9,12-14H2,1-3H3,(H,22,26). The van der Waals surface area contributed by atoms with E-state index < -0.39 is 6.04 Å². The minimum atomic E-state index is -0.547. The van der Waals surface area contributed by atoms with Gasteiger partial charge in [0.1, 0.15) is 6.54 Å². The first-order valence-corrected chi connectivity index (χ1v) is 10.3. The van der Waals surface area contributed by atoms with Crippen molar-refractivity contribution in [1.29, 1.82) is 0 Å². The Labute approximate surface area is 162 Å². The highest BCUT2D eigenvalue weighted by Crippen LogP contribution is 2.29. The van der Waals surface area contributed by atoms with Crippen molar-refractivity contribution in [2.24, 2.45) is 5.92 Å². The van der Waals surface area contributed by atoms with Crippen LogP contribution in [0.25, 0.3) is 0 Å². The molecule has 0 saturated heterocycles. The van der Waals surface area contributed by atoms with E-state index in [0.29, 0.717) is 25.6 Å². The summed E-state index contributed by atoms with van der Waals surface area (Å²) in [6.07, 6.45) is 7.36. The predicted octanol–water partition coefficient (Wildman–Crippen LogP) is 2.88. The molecule has 1 saturated carbocycles. The van der Waals surface area contributed by atoms with Crippen LogP contribution in [0.2, 0.25) is 0 Å². The van der Waals surface area contributed by atoms with Crippen molar-refractivity contribution in [3.05, 3.63) is 24.0 Å². The number of carbonyl (C=O) groups excluding carboxylic acids is 2. The van der Waals surface area contributed by atoms with Crippen LogP contribution >= 0.6 is 0 Å². The largest absolute Gasteiger partial charge is 0.379 e. The molecule has 0 aromatic carbocycles. The van der Waals surface area contributed by atoms with Crippen LogP contribution in [0.1, 0.15) is 64.6 Å². The van der Waals surface area contributed by atoms with E-state index in [0.717, 1.165) is 31.4 Å². The molecule has 1 aromatic rings. The minimum absolute atomic E-state index is 0.0000829. The zero-order valence-electron chi connectivity index (χ0n) is 16.8. The third kappa shape index (κ3) is 4.72. The first-order chi connectivity index (χ1) is 13.0. The number of nitrogens with one attached hydrogen (secondary N) is 1. The van der Waals surface area contributed by atoms with Crippen molar-refractivity contribution in [2.45, 2.75) is 77.6 Å². The number of amides is 2. The van der Waals surface area contributed by atoms with Crippen molar-refractivity contribution < 1.29 is 14.3 Å². The average Bonchev–Trinajstić information content (AvgIpc) is 3.08. The van der Waals surface area contributed by atoms with Gasteiger partial charge in [-0.15, -0.1) is 0 Å². The molecular weight excluding hydrogens is 342 g/mol. The fraction of sp³-hybridized carbons (Fsp3) is 0.714. The van der Waals surface area contributed by atoms with Gasteiger partial charge in [0, 0.05) is 25.4 Å². The van der Waals surface area contributed by atoms with Crippen LogP contribution in [0.5, 0.6) is 0 Å². The van der Waals surface area contributed by atoms with E-state index in [1.807, 2.05) is 36.7 Å². The Morgan fingerprint density at radius 2 is 2.11 bits per heavy atom. The molecule has 0 spiro atoms. The molecule has 3 atom stereocenters. The van der Waals surface area contributed by atoms with Gasteiger partial charge < -0.3 is 19.5 Å².